The summed E-state index contributed by atoms with van der Waals surface area (Å²) in [4.78, 5) is 2.05. The molecule has 1 fully saturated rings. The Hall–Kier alpha value is -0.180. The van der Waals surface area contributed by atoms with Gasteiger partial charge in [-0.3, -0.25) is 0 Å². The van der Waals surface area contributed by atoms with Gasteiger partial charge in [-0.15, -0.1) is 0 Å². The van der Waals surface area contributed by atoms with E-state index in [0.717, 1.165) is 19.4 Å². The van der Waals surface area contributed by atoms with Crippen LogP contribution < -0.4 is 0 Å². The SMILES string of the molecule is CC(F)CCN1CCCCC(F)C1. The van der Waals surface area contributed by atoms with Crippen molar-refractivity contribution >= 4 is 0 Å². The summed E-state index contributed by atoms with van der Waals surface area (Å²) in [5.74, 6) is 0. The summed E-state index contributed by atoms with van der Waals surface area (Å²) in [6.07, 6.45) is 1.79. The summed E-state index contributed by atoms with van der Waals surface area (Å²) in [6, 6.07) is 0. The first-order valence-corrected chi connectivity index (χ1v) is 5.19. The number of halogens is 2. The molecule has 1 aliphatic rings. The second-order valence-corrected chi connectivity index (χ2v) is 3.96. The average molecular weight is 191 g/mol. The van der Waals surface area contributed by atoms with Crippen molar-refractivity contribution in [3.05, 3.63) is 0 Å². The second kappa shape index (κ2) is 5.53. The number of alkyl halides is 2. The summed E-state index contributed by atoms with van der Waals surface area (Å²) in [6.45, 7) is 3.71. The molecule has 0 N–H and O–H groups in total. The van der Waals surface area contributed by atoms with Crippen molar-refractivity contribution in [2.75, 3.05) is 19.6 Å². The Labute approximate surface area is 79.1 Å². The van der Waals surface area contributed by atoms with E-state index in [1.807, 2.05) is 4.90 Å². The van der Waals surface area contributed by atoms with Gasteiger partial charge in [0.05, 0.1) is 6.17 Å². The minimum Gasteiger partial charge on any atom is -0.300 e. The smallest absolute Gasteiger partial charge is 0.113 e. The van der Waals surface area contributed by atoms with Crippen LogP contribution in [0.15, 0.2) is 0 Å². The molecule has 1 nitrogen and oxygen atoms in total. The van der Waals surface area contributed by atoms with Gasteiger partial charge in [0.1, 0.15) is 6.17 Å². The maximum absolute atomic E-state index is 13.1. The van der Waals surface area contributed by atoms with Crippen molar-refractivity contribution in [1.82, 2.24) is 4.90 Å². The molecule has 0 spiro atoms. The van der Waals surface area contributed by atoms with Crippen LogP contribution in [0.5, 0.6) is 0 Å². The van der Waals surface area contributed by atoms with Crippen LogP contribution in [-0.4, -0.2) is 36.9 Å². The molecule has 0 amide bonds. The van der Waals surface area contributed by atoms with E-state index in [1.54, 1.807) is 6.92 Å². The Balaban J connectivity index is 2.22. The molecule has 0 aromatic carbocycles. The zero-order valence-corrected chi connectivity index (χ0v) is 8.31. The molecule has 2 atom stereocenters. The maximum atomic E-state index is 13.1. The fourth-order valence-electron chi connectivity index (χ4n) is 1.73. The van der Waals surface area contributed by atoms with Crippen molar-refractivity contribution in [3.63, 3.8) is 0 Å². The van der Waals surface area contributed by atoms with E-state index >= 15 is 0 Å². The Kier molecular flexibility index (Phi) is 4.64. The lowest BCUT2D eigenvalue weighted by molar-refractivity contribution is 0.189. The average Bonchev–Trinajstić information content (AvgIpc) is 2.26. The topological polar surface area (TPSA) is 3.24 Å². The molecule has 1 rings (SSSR count). The standard InChI is InChI=1S/C10H19F2N/c1-9(11)5-7-13-6-3-2-4-10(12)8-13/h9-10H,2-8H2,1H3. The maximum Gasteiger partial charge on any atom is 0.113 e. The van der Waals surface area contributed by atoms with Gasteiger partial charge in [-0.2, -0.15) is 0 Å². The van der Waals surface area contributed by atoms with Gasteiger partial charge in [-0.05, 0) is 39.2 Å². The molecule has 0 aliphatic carbocycles. The molecular weight excluding hydrogens is 172 g/mol. The third-order valence-electron chi connectivity index (χ3n) is 2.54. The third kappa shape index (κ3) is 4.55. The zero-order chi connectivity index (χ0) is 9.68. The highest BCUT2D eigenvalue weighted by Gasteiger charge is 2.17. The fourth-order valence-corrected chi connectivity index (χ4v) is 1.73. The van der Waals surface area contributed by atoms with E-state index in [2.05, 4.69) is 0 Å². The first-order valence-electron chi connectivity index (χ1n) is 5.19. The Morgan fingerprint density at radius 3 is 2.92 bits per heavy atom. The summed E-state index contributed by atoms with van der Waals surface area (Å²) < 4.78 is 25.6. The van der Waals surface area contributed by atoms with Gasteiger partial charge in [0, 0.05) is 13.1 Å². The van der Waals surface area contributed by atoms with E-state index in [-0.39, 0.29) is 0 Å². The van der Waals surface area contributed by atoms with Crippen molar-refractivity contribution in [1.29, 1.82) is 0 Å². The van der Waals surface area contributed by atoms with Gasteiger partial charge in [-0.25, -0.2) is 8.78 Å². The van der Waals surface area contributed by atoms with Crippen molar-refractivity contribution < 1.29 is 8.78 Å². The number of hydrogen-bond acceptors (Lipinski definition) is 1. The van der Waals surface area contributed by atoms with Crippen LogP contribution >= 0.6 is 0 Å². The molecule has 0 aromatic rings. The zero-order valence-electron chi connectivity index (χ0n) is 8.31. The highest BCUT2D eigenvalue weighted by molar-refractivity contribution is 4.70. The largest absolute Gasteiger partial charge is 0.300 e. The lowest BCUT2D eigenvalue weighted by atomic mass is 10.2. The van der Waals surface area contributed by atoms with Gasteiger partial charge in [0.2, 0.25) is 0 Å². The first-order chi connectivity index (χ1) is 6.18. The van der Waals surface area contributed by atoms with E-state index in [1.165, 1.54) is 0 Å². The molecule has 1 saturated heterocycles. The Bertz CT molecular complexity index is 139. The summed E-state index contributed by atoms with van der Waals surface area (Å²) >= 11 is 0. The molecule has 0 radical (unpaired) electrons. The molecule has 2 unspecified atom stereocenters. The van der Waals surface area contributed by atoms with Crippen LogP contribution in [0.4, 0.5) is 8.78 Å². The minimum atomic E-state index is -0.763. The predicted molar refractivity (Wildman–Crippen MR) is 50.4 cm³/mol. The molecule has 0 saturated carbocycles. The van der Waals surface area contributed by atoms with Crippen LogP contribution in [0.2, 0.25) is 0 Å². The lowest BCUT2D eigenvalue weighted by Crippen LogP contribution is -2.31. The normalized spacial score (nSPS) is 28.4. The number of rotatable bonds is 3. The minimum absolute atomic E-state index is 0.507. The summed E-state index contributed by atoms with van der Waals surface area (Å²) in [5, 5.41) is 0. The molecule has 1 aliphatic heterocycles. The summed E-state index contributed by atoms with van der Waals surface area (Å²) in [7, 11) is 0. The molecule has 3 heteroatoms. The molecule has 13 heavy (non-hydrogen) atoms. The van der Waals surface area contributed by atoms with E-state index in [4.69, 9.17) is 0 Å². The molecule has 1 heterocycles. The second-order valence-electron chi connectivity index (χ2n) is 3.96. The van der Waals surface area contributed by atoms with Gasteiger partial charge in [0.25, 0.3) is 0 Å². The van der Waals surface area contributed by atoms with Gasteiger partial charge < -0.3 is 4.90 Å². The molecular formula is C10H19F2N. The van der Waals surface area contributed by atoms with E-state index in [0.29, 0.717) is 25.9 Å². The van der Waals surface area contributed by atoms with E-state index < -0.39 is 12.3 Å². The van der Waals surface area contributed by atoms with Crippen LogP contribution in [0.3, 0.4) is 0 Å². The first kappa shape index (κ1) is 10.9. The monoisotopic (exact) mass is 191 g/mol. The quantitative estimate of drug-likeness (QED) is 0.662. The highest BCUT2D eigenvalue weighted by atomic mass is 19.1. The molecule has 78 valence electrons. The van der Waals surface area contributed by atoms with Gasteiger partial charge in [0.15, 0.2) is 0 Å². The lowest BCUT2D eigenvalue weighted by Gasteiger charge is -2.20. The van der Waals surface area contributed by atoms with Crippen LogP contribution in [0.1, 0.15) is 32.6 Å². The van der Waals surface area contributed by atoms with Crippen LogP contribution in [-0.2, 0) is 0 Å². The van der Waals surface area contributed by atoms with Crippen molar-refractivity contribution in [2.45, 2.75) is 45.0 Å². The summed E-state index contributed by atoms with van der Waals surface area (Å²) in [5.41, 5.74) is 0. The Morgan fingerprint density at radius 1 is 1.46 bits per heavy atom. The van der Waals surface area contributed by atoms with Crippen molar-refractivity contribution in [2.24, 2.45) is 0 Å². The third-order valence-corrected chi connectivity index (χ3v) is 2.54. The highest BCUT2D eigenvalue weighted by Crippen LogP contribution is 2.13. The number of nitrogens with zero attached hydrogens (tertiary/aromatic N) is 1. The van der Waals surface area contributed by atoms with Crippen molar-refractivity contribution in [3.8, 4) is 0 Å². The van der Waals surface area contributed by atoms with Gasteiger partial charge in [-0.1, -0.05) is 0 Å². The van der Waals surface area contributed by atoms with Gasteiger partial charge >= 0.3 is 0 Å². The number of likely N-dealkylation sites (tertiary alicyclic amines) is 1. The predicted octanol–water partition coefficient (Wildman–Crippen LogP) is 2.56. The molecule has 0 bridgehead atoms. The van der Waals surface area contributed by atoms with Crippen LogP contribution in [0, 0.1) is 0 Å². The fraction of sp³-hybridized carbons (Fsp3) is 1.00. The van der Waals surface area contributed by atoms with E-state index in [9.17, 15) is 8.78 Å². The Morgan fingerprint density at radius 2 is 2.23 bits per heavy atom. The number of hydrogen-bond donors (Lipinski definition) is 0. The van der Waals surface area contributed by atoms with Crippen LogP contribution in [0.25, 0.3) is 0 Å². The molecule has 0 aromatic heterocycles.